The van der Waals surface area contributed by atoms with Crippen molar-refractivity contribution in [2.45, 2.75) is 26.8 Å². The maximum atomic E-state index is 11.9. The van der Waals surface area contributed by atoms with E-state index in [4.69, 9.17) is 16.0 Å². The monoisotopic (exact) mass is 277 g/mol. The molecule has 0 aliphatic carbocycles. The van der Waals surface area contributed by atoms with Crippen LogP contribution in [0.1, 0.15) is 25.6 Å². The summed E-state index contributed by atoms with van der Waals surface area (Å²) in [5, 5.41) is 9.81. The fourth-order valence-electron chi connectivity index (χ4n) is 2.27. The van der Waals surface area contributed by atoms with Gasteiger partial charge in [0, 0.05) is 16.8 Å². The van der Waals surface area contributed by atoms with Gasteiger partial charge in [-0.25, -0.2) is 4.79 Å². The van der Waals surface area contributed by atoms with Gasteiger partial charge in [0.05, 0.1) is 11.2 Å². The summed E-state index contributed by atoms with van der Waals surface area (Å²) in [7, 11) is 0. The number of halogens is 1. The zero-order valence-electron chi connectivity index (χ0n) is 10.8. The molecule has 19 heavy (non-hydrogen) atoms. The Morgan fingerprint density at radius 1 is 1.26 bits per heavy atom. The number of aromatic nitrogens is 3. The summed E-state index contributed by atoms with van der Waals surface area (Å²) in [6.07, 6.45) is 0. The molecule has 0 fully saturated rings. The number of nitrogens with zero attached hydrogens (tertiary/aromatic N) is 3. The van der Waals surface area contributed by atoms with E-state index in [-0.39, 0.29) is 11.8 Å². The van der Waals surface area contributed by atoms with Crippen LogP contribution in [0, 0.1) is 6.92 Å². The van der Waals surface area contributed by atoms with Gasteiger partial charge in [-0.1, -0.05) is 11.6 Å². The van der Waals surface area contributed by atoms with Gasteiger partial charge in [0.2, 0.25) is 0 Å². The number of benzene rings is 1. The molecule has 0 aliphatic rings. The van der Waals surface area contributed by atoms with Crippen molar-refractivity contribution in [1.82, 2.24) is 14.8 Å². The highest BCUT2D eigenvalue weighted by atomic mass is 35.5. The molecule has 6 heteroatoms. The van der Waals surface area contributed by atoms with Gasteiger partial charge in [0.25, 0.3) is 0 Å². The zero-order chi connectivity index (χ0) is 13.7. The first-order chi connectivity index (χ1) is 8.99. The molecule has 5 nitrogen and oxygen atoms in total. The largest absolute Gasteiger partial charge is 0.420 e. The molecule has 1 aromatic carbocycles. The van der Waals surface area contributed by atoms with Gasteiger partial charge >= 0.3 is 5.76 Å². The Morgan fingerprint density at radius 3 is 2.68 bits per heavy atom. The minimum Gasteiger partial charge on any atom is -0.408 e. The lowest BCUT2D eigenvalue weighted by Gasteiger charge is -2.07. The van der Waals surface area contributed by atoms with E-state index in [9.17, 15) is 4.79 Å². The van der Waals surface area contributed by atoms with Crippen LogP contribution in [-0.2, 0) is 0 Å². The van der Waals surface area contributed by atoms with Crippen molar-refractivity contribution in [1.29, 1.82) is 0 Å². The first-order valence-corrected chi connectivity index (χ1v) is 6.34. The topological polar surface area (TPSA) is 60.9 Å². The molecule has 3 rings (SSSR count). The molecule has 0 saturated heterocycles. The van der Waals surface area contributed by atoms with E-state index in [1.807, 2.05) is 26.8 Å². The Kier molecular flexibility index (Phi) is 2.60. The third-order valence-corrected chi connectivity index (χ3v) is 3.45. The smallest absolute Gasteiger partial charge is 0.408 e. The highest BCUT2D eigenvalue weighted by Crippen LogP contribution is 2.28. The van der Waals surface area contributed by atoms with E-state index in [2.05, 4.69) is 10.2 Å². The molecule has 0 unspecified atom stereocenters. The predicted octanol–water partition coefficient (Wildman–Crippen LogP) is 3.08. The van der Waals surface area contributed by atoms with Crippen LogP contribution in [0.3, 0.4) is 0 Å². The van der Waals surface area contributed by atoms with Crippen LogP contribution in [0.2, 0.25) is 5.15 Å². The van der Waals surface area contributed by atoms with Gasteiger partial charge in [-0.3, -0.25) is 4.57 Å². The van der Waals surface area contributed by atoms with Crippen LogP contribution < -0.4 is 5.76 Å². The number of hydrogen-bond donors (Lipinski definition) is 0. The number of aryl methyl sites for hydroxylation is 1. The van der Waals surface area contributed by atoms with Crippen molar-refractivity contribution in [2.75, 3.05) is 0 Å². The molecule has 98 valence electrons. The van der Waals surface area contributed by atoms with Crippen molar-refractivity contribution in [2.24, 2.45) is 0 Å². The van der Waals surface area contributed by atoms with E-state index in [0.717, 1.165) is 22.0 Å². The lowest BCUT2D eigenvalue weighted by atomic mass is 10.1. The van der Waals surface area contributed by atoms with Crippen LogP contribution in [0.15, 0.2) is 21.3 Å². The van der Waals surface area contributed by atoms with E-state index < -0.39 is 0 Å². The Bertz CT molecular complexity index is 848. The maximum absolute atomic E-state index is 11.9. The molecule has 0 aliphatic heterocycles. The molecular formula is C13H12ClN3O2. The summed E-state index contributed by atoms with van der Waals surface area (Å²) in [4.78, 5) is 11.9. The van der Waals surface area contributed by atoms with Gasteiger partial charge in [-0.2, -0.15) is 5.10 Å². The van der Waals surface area contributed by atoms with Crippen LogP contribution in [0.4, 0.5) is 0 Å². The second-order valence-corrected chi connectivity index (χ2v) is 5.13. The van der Waals surface area contributed by atoms with Gasteiger partial charge < -0.3 is 4.42 Å². The van der Waals surface area contributed by atoms with Crippen molar-refractivity contribution >= 4 is 33.5 Å². The maximum Gasteiger partial charge on any atom is 0.420 e. The number of oxazole rings is 1. The molecule has 0 saturated carbocycles. The van der Waals surface area contributed by atoms with E-state index in [1.54, 1.807) is 10.6 Å². The normalized spacial score (nSPS) is 11.8. The molecule has 0 atom stereocenters. The van der Waals surface area contributed by atoms with Crippen LogP contribution in [-0.4, -0.2) is 14.8 Å². The second kappa shape index (κ2) is 4.06. The molecule has 0 bridgehead atoms. The molecule has 0 spiro atoms. The Hall–Kier alpha value is -1.88. The van der Waals surface area contributed by atoms with Crippen LogP contribution >= 0.6 is 11.6 Å². The molecule has 0 radical (unpaired) electrons. The highest BCUT2D eigenvalue weighted by molar-refractivity contribution is 6.34. The first kappa shape index (κ1) is 12.2. The first-order valence-electron chi connectivity index (χ1n) is 5.96. The highest BCUT2D eigenvalue weighted by Gasteiger charge is 2.15. The molecule has 2 heterocycles. The summed E-state index contributed by atoms with van der Waals surface area (Å²) in [5.74, 6) is -0.366. The van der Waals surface area contributed by atoms with Crippen LogP contribution in [0.25, 0.3) is 21.9 Å². The summed E-state index contributed by atoms with van der Waals surface area (Å²) >= 11 is 6.08. The average Bonchev–Trinajstić information content (AvgIpc) is 2.67. The minimum atomic E-state index is -0.366. The van der Waals surface area contributed by atoms with Gasteiger partial charge in [0.1, 0.15) is 0 Å². The Balaban J connectivity index is 2.53. The summed E-state index contributed by atoms with van der Waals surface area (Å²) < 4.78 is 6.88. The number of rotatable bonds is 1. The third-order valence-electron chi connectivity index (χ3n) is 3.17. The molecule has 0 amide bonds. The fraction of sp³-hybridized carbons (Fsp3) is 0.308. The van der Waals surface area contributed by atoms with E-state index in [0.29, 0.717) is 10.7 Å². The van der Waals surface area contributed by atoms with Crippen molar-refractivity contribution in [3.63, 3.8) is 0 Å². The average molecular weight is 278 g/mol. The molecule has 3 aromatic rings. The minimum absolute atomic E-state index is 0.0147. The molecule has 2 aromatic heterocycles. The number of hydrogen-bond acceptors (Lipinski definition) is 4. The van der Waals surface area contributed by atoms with Crippen molar-refractivity contribution in [3.05, 3.63) is 33.5 Å². The number of fused-ring (bicyclic) bond motifs is 2. The lowest BCUT2D eigenvalue weighted by molar-refractivity contribution is 0.478. The van der Waals surface area contributed by atoms with E-state index >= 15 is 0 Å². The molecule has 0 N–H and O–H groups in total. The van der Waals surface area contributed by atoms with Gasteiger partial charge in [0.15, 0.2) is 10.7 Å². The predicted molar refractivity (Wildman–Crippen MR) is 73.7 cm³/mol. The van der Waals surface area contributed by atoms with Gasteiger partial charge in [-0.15, -0.1) is 5.10 Å². The van der Waals surface area contributed by atoms with E-state index in [1.165, 1.54) is 0 Å². The standard InChI is InChI=1S/C13H12ClN3O2/c1-6(2)17-10-4-9-8(5-11(10)19-13(17)18)7(3)15-16-12(9)14/h4-6H,1-3H3. The van der Waals surface area contributed by atoms with Gasteiger partial charge in [-0.05, 0) is 32.9 Å². The lowest BCUT2D eigenvalue weighted by Crippen LogP contribution is -2.15. The second-order valence-electron chi connectivity index (χ2n) is 4.77. The molecular weight excluding hydrogens is 266 g/mol. The fourth-order valence-corrected chi connectivity index (χ4v) is 2.46. The van der Waals surface area contributed by atoms with Crippen LogP contribution in [0.5, 0.6) is 0 Å². The summed E-state index contributed by atoms with van der Waals surface area (Å²) in [6, 6.07) is 3.64. The third kappa shape index (κ3) is 1.73. The zero-order valence-corrected chi connectivity index (χ0v) is 11.5. The SMILES string of the molecule is Cc1nnc(Cl)c2cc3c(cc12)oc(=O)n3C(C)C. The quantitative estimate of drug-likeness (QED) is 0.686. The Morgan fingerprint density at radius 2 is 2.00 bits per heavy atom. The Labute approximate surface area is 113 Å². The summed E-state index contributed by atoms with van der Waals surface area (Å²) in [6.45, 7) is 5.70. The van der Waals surface area contributed by atoms with Crippen molar-refractivity contribution < 1.29 is 4.42 Å². The summed E-state index contributed by atoms with van der Waals surface area (Å²) in [5.41, 5.74) is 2.02. The van der Waals surface area contributed by atoms with Crippen molar-refractivity contribution in [3.8, 4) is 0 Å².